The number of methoxy groups -OCH3 is 1. The number of aryl methyl sites for hydroxylation is 1. The molecule has 1 aromatic heterocycles. The summed E-state index contributed by atoms with van der Waals surface area (Å²) in [5, 5.41) is 0. The Labute approximate surface area is 107 Å². The summed E-state index contributed by atoms with van der Waals surface area (Å²) in [5.74, 6) is 0.332. The maximum absolute atomic E-state index is 12.2. The van der Waals surface area contributed by atoms with E-state index in [1.165, 1.54) is 11.4 Å². The van der Waals surface area contributed by atoms with Crippen LogP contribution in [0.4, 0.5) is 5.69 Å². The number of sulfonamides is 1. The first-order valence-corrected chi connectivity index (χ1v) is 7.25. The Kier molecular flexibility index (Phi) is 3.72. The largest absolute Gasteiger partial charge is 0.474 e. The lowest BCUT2D eigenvalue weighted by Gasteiger charge is -2.29. The second kappa shape index (κ2) is 5.11. The van der Waals surface area contributed by atoms with E-state index >= 15 is 0 Å². The lowest BCUT2D eigenvalue weighted by atomic mass is 10.3. The minimum absolute atomic E-state index is 0.0448. The van der Waals surface area contributed by atoms with Crippen LogP contribution in [0.15, 0.2) is 12.1 Å². The van der Waals surface area contributed by atoms with Crippen LogP contribution in [-0.2, 0) is 14.8 Å². The van der Waals surface area contributed by atoms with Crippen LogP contribution in [0, 0.1) is 6.92 Å². The molecule has 0 N–H and O–H groups in total. The summed E-state index contributed by atoms with van der Waals surface area (Å²) in [7, 11) is -1.90. The molecule has 6 nitrogen and oxygen atoms in total. The van der Waals surface area contributed by atoms with E-state index in [0.717, 1.165) is 5.69 Å². The zero-order valence-electron chi connectivity index (χ0n) is 10.4. The zero-order valence-corrected chi connectivity index (χ0v) is 11.2. The van der Waals surface area contributed by atoms with Crippen molar-refractivity contribution in [2.24, 2.45) is 0 Å². The predicted molar refractivity (Wildman–Crippen MR) is 67.5 cm³/mol. The normalized spacial score (nSPS) is 15.1. The predicted octanol–water partition coefficient (Wildman–Crippen LogP) is 0.565. The van der Waals surface area contributed by atoms with Gasteiger partial charge in [0, 0.05) is 12.8 Å². The number of nitrogens with zero attached hydrogens (tertiary/aromatic N) is 2. The Morgan fingerprint density at radius 3 is 3.00 bits per heavy atom. The van der Waals surface area contributed by atoms with Crippen molar-refractivity contribution < 1.29 is 17.9 Å². The van der Waals surface area contributed by atoms with Crippen LogP contribution in [0.5, 0.6) is 5.88 Å². The third kappa shape index (κ3) is 2.56. The molecule has 0 unspecified atom stereocenters. The molecule has 0 fully saturated rings. The van der Waals surface area contributed by atoms with Crippen LogP contribution in [0.1, 0.15) is 5.69 Å². The van der Waals surface area contributed by atoms with E-state index in [1.54, 1.807) is 12.1 Å². The van der Waals surface area contributed by atoms with Gasteiger partial charge in [-0.3, -0.25) is 4.31 Å². The standard InChI is InChI=1S/C11H16N2O4S/c1-9-3-4-10-11(12-9)17-6-5-13(10)18(14,15)8-7-16-2/h3-4H,5-8H2,1-2H3. The molecule has 0 saturated heterocycles. The molecule has 0 spiro atoms. The average molecular weight is 272 g/mol. The maximum Gasteiger partial charge on any atom is 0.238 e. The summed E-state index contributed by atoms with van der Waals surface area (Å²) in [5.41, 5.74) is 1.30. The third-order valence-corrected chi connectivity index (χ3v) is 4.40. The first kappa shape index (κ1) is 13.1. The van der Waals surface area contributed by atoms with Gasteiger partial charge in [0.15, 0.2) is 0 Å². The number of hydrogen-bond acceptors (Lipinski definition) is 5. The van der Waals surface area contributed by atoms with Gasteiger partial charge in [0.1, 0.15) is 12.3 Å². The molecule has 2 heterocycles. The molecule has 2 rings (SSSR count). The Bertz CT molecular complexity index is 530. The number of aromatic nitrogens is 1. The van der Waals surface area contributed by atoms with Gasteiger partial charge >= 0.3 is 0 Å². The molecule has 100 valence electrons. The first-order chi connectivity index (χ1) is 8.54. The van der Waals surface area contributed by atoms with Gasteiger partial charge in [-0.1, -0.05) is 0 Å². The molecule has 0 bridgehead atoms. The van der Waals surface area contributed by atoms with Crippen LogP contribution in [0.3, 0.4) is 0 Å². The SMILES string of the molecule is COCCS(=O)(=O)N1CCOc2nc(C)ccc21. The van der Waals surface area contributed by atoms with Crippen LogP contribution < -0.4 is 9.04 Å². The number of hydrogen-bond donors (Lipinski definition) is 0. The van der Waals surface area contributed by atoms with Crippen molar-refractivity contribution in [3.63, 3.8) is 0 Å². The fraction of sp³-hybridized carbons (Fsp3) is 0.545. The van der Waals surface area contributed by atoms with Crippen molar-refractivity contribution in [2.45, 2.75) is 6.92 Å². The molecule has 0 atom stereocenters. The van der Waals surface area contributed by atoms with Gasteiger partial charge in [0.2, 0.25) is 15.9 Å². The molecule has 0 aromatic carbocycles. The average Bonchev–Trinajstić information content (AvgIpc) is 2.35. The molecule has 0 saturated carbocycles. The van der Waals surface area contributed by atoms with Gasteiger partial charge in [0.05, 0.1) is 18.9 Å². The summed E-state index contributed by atoms with van der Waals surface area (Å²) >= 11 is 0. The highest BCUT2D eigenvalue weighted by Gasteiger charge is 2.29. The minimum atomic E-state index is -3.38. The molecule has 18 heavy (non-hydrogen) atoms. The van der Waals surface area contributed by atoms with Crippen molar-refractivity contribution in [1.82, 2.24) is 4.98 Å². The second-order valence-electron chi connectivity index (χ2n) is 4.01. The number of ether oxygens (including phenoxy) is 2. The van der Waals surface area contributed by atoms with Crippen molar-refractivity contribution in [1.29, 1.82) is 0 Å². The second-order valence-corrected chi connectivity index (χ2v) is 6.02. The van der Waals surface area contributed by atoms with E-state index in [9.17, 15) is 8.42 Å². The Balaban J connectivity index is 2.33. The molecule has 1 aliphatic heterocycles. The quantitative estimate of drug-likeness (QED) is 0.801. The molecule has 0 aliphatic carbocycles. The lowest BCUT2D eigenvalue weighted by molar-refractivity contribution is 0.217. The summed E-state index contributed by atoms with van der Waals surface area (Å²) in [6.07, 6.45) is 0. The van der Waals surface area contributed by atoms with Crippen molar-refractivity contribution in [3.8, 4) is 5.88 Å². The Morgan fingerprint density at radius 1 is 1.50 bits per heavy atom. The van der Waals surface area contributed by atoms with Crippen molar-refractivity contribution in [3.05, 3.63) is 17.8 Å². The summed E-state index contributed by atoms with van der Waals surface area (Å²) in [6.45, 7) is 2.63. The van der Waals surface area contributed by atoms with Crippen LogP contribution in [0.2, 0.25) is 0 Å². The number of fused-ring (bicyclic) bond motifs is 1. The van der Waals surface area contributed by atoms with Gasteiger partial charge in [-0.25, -0.2) is 13.4 Å². The van der Waals surface area contributed by atoms with Gasteiger partial charge in [-0.2, -0.15) is 0 Å². The Hall–Kier alpha value is -1.34. The molecule has 7 heteroatoms. The van der Waals surface area contributed by atoms with E-state index in [4.69, 9.17) is 9.47 Å². The number of rotatable bonds is 4. The van der Waals surface area contributed by atoms with E-state index < -0.39 is 10.0 Å². The van der Waals surface area contributed by atoms with E-state index in [-0.39, 0.29) is 12.4 Å². The van der Waals surface area contributed by atoms with Crippen molar-refractivity contribution >= 4 is 15.7 Å². The highest BCUT2D eigenvalue weighted by Crippen LogP contribution is 2.31. The topological polar surface area (TPSA) is 68.7 Å². The van der Waals surface area contributed by atoms with Gasteiger partial charge < -0.3 is 9.47 Å². The molecule has 0 radical (unpaired) electrons. The highest BCUT2D eigenvalue weighted by atomic mass is 32.2. The number of anilines is 1. The molecular formula is C11H16N2O4S. The lowest BCUT2D eigenvalue weighted by Crippen LogP contribution is -2.40. The van der Waals surface area contributed by atoms with Crippen LogP contribution >= 0.6 is 0 Å². The van der Waals surface area contributed by atoms with Gasteiger partial charge in [-0.15, -0.1) is 0 Å². The van der Waals surface area contributed by atoms with Crippen molar-refractivity contribution in [2.75, 3.05) is 36.9 Å². The smallest absolute Gasteiger partial charge is 0.238 e. The monoisotopic (exact) mass is 272 g/mol. The first-order valence-electron chi connectivity index (χ1n) is 5.64. The summed E-state index contributed by atoms with van der Waals surface area (Å²) in [4.78, 5) is 4.20. The Morgan fingerprint density at radius 2 is 2.28 bits per heavy atom. The van der Waals surface area contributed by atoms with E-state index in [1.807, 2.05) is 6.92 Å². The third-order valence-electron chi connectivity index (χ3n) is 2.66. The highest BCUT2D eigenvalue weighted by molar-refractivity contribution is 7.92. The van der Waals surface area contributed by atoms with Gasteiger partial charge in [-0.05, 0) is 19.1 Å². The van der Waals surface area contributed by atoms with Crippen LogP contribution in [0.25, 0.3) is 0 Å². The zero-order chi connectivity index (χ0) is 13.2. The van der Waals surface area contributed by atoms with E-state index in [0.29, 0.717) is 24.7 Å². The summed E-state index contributed by atoms with van der Waals surface area (Å²) in [6, 6.07) is 3.49. The summed E-state index contributed by atoms with van der Waals surface area (Å²) < 4.78 is 35.9. The molecule has 0 amide bonds. The molecular weight excluding hydrogens is 256 g/mol. The molecule has 1 aliphatic rings. The van der Waals surface area contributed by atoms with Gasteiger partial charge in [0.25, 0.3) is 0 Å². The minimum Gasteiger partial charge on any atom is -0.474 e. The maximum atomic E-state index is 12.2. The fourth-order valence-electron chi connectivity index (χ4n) is 1.76. The number of pyridine rings is 1. The fourth-order valence-corrected chi connectivity index (χ4v) is 3.14. The van der Waals surface area contributed by atoms with Crippen LogP contribution in [-0.4, -0.2) is 46.0 Å². The molecule has 1 aromatic rings. The van der Waals surface area contributed by atoms with E-state index in [2.05, 4.69) is 4.98 Å².